The Balaban J connectivity index is 1.34. The summed E-state index contributed by atoms with van der Waals surface area (Å²) >= 11 is 0. The van der Waals surface area contributed by atoms with Gasteiger partial charge in [0.15, 0.2) is 4.87 Å². The molecule has 10 aliphatic heterocycles. The van der Waals surface area contributed by atoms with Crippen molar-refractivity contribution in [1.82, 2.24) is 19.6 Å². The van der Waals surface area contributed by atoms with Crippen LogP contribution in [0.5, 0.6) is 0 Å². The van der Waals surface area contributed by atoms with Crippen LogP contribution in [0.1, 0.15) is 25.0 Å². The SMILES string of the molecule is CC(C)C12SSC3(C(=O)N1C)C(O)C1(C45c6ccccc6NC4N4C(=O)C6(CO)SSSSC4(C(=O)N6C)C5O)c4ccccc4NC1N3C2=O. The van der Waals surface area contributed by atoms with Gasteiger partial charge in [-0.1, -0.05) is 61.0 Å². The highest BCUT2D eigenvalue weighted by atomic mass is 33.7. The maximum atomic E-state index is 15.2. The molecule has 19 heteroatoms. The Labute approximate surface area is 315 Å². The first kappa shape index (κ1) is 33.5. The quantitative estimate of drug-likeness (QED) is 0.287. The lowest BCUT2D eigenvalue weighted by Gasteiger charge is -2.60. The van der Waals surface area contributed by atoms with Gasteiger partial charge in [-0.25, -0.2) is 0 Å². The van der Waals surface area contributed by atoms with E-state index in [-0.39, 0.29) is 11.8 Å². The fourth-order valence-corrected chi connectivity index (χ4v) is 22.4. The number of fused-ring (bicyclic) bond motifs is 13. The number of aliphatic hydroxyl groups is 3. The molecule has 10 unspecified atom stereocenters. The lowest BCUT2D eigenvalue weighted by Crippen LogP contribution is -2.79. The first-order valence-corrected chi connectivity index (χ1v) is 23.3. The molecule has 4 bridgehead atoms. The van der Waals surface area contributed by atoms with Crippen LogP contribution < -0.4 is 10.6 Å². The van der Waals surface area contributed by atoms with Gasteiger partial charge in [0.05, 0.1) is 17.4 Å². The van der Waals surface area contributed by atoms with Gasteiger partial charge in [-0.3, -0.25) is 29.0 Å². The number of nitrogens with one attached hydrogen (secondary N) is 2. The van der Waals surface area contributed by atoms with Gasteiger partial charge in [0.1, 0.15) is 24.5 Å². The summed E-state index contributed by atoms with van der Waals surface area (Å²) in [6.07, 6.45) is -5.63. The van der Waals surface area contributed by atoms with Gasteiger partial charge in [-0.05, 0) is 81.2 Å². The Morgan fingerprint density at radius 2 is 1.18 bits per heavy atom. The van der Waals surface area contributed by atoms with E-state index in [1.165, 1.54) is 67.9 Å². The van der Waals surface area contributed by atoms with Gasteiger partial charge in [0, 0.05) is 25.5 Å². The van der Waals surface area contributed by atoms with E-state index >= 15 is 14.4 Å². The summed E-state index contributed by atoms with van der Waals surface area (Å²) in [4.78, 5) is 59.2. The van der Waals surface area contributed by atoms with Crippen molar-refractivity contribution < 1.29 is 34.5 Å². The van der Waals surface area contributed by atoms with Crippen LogP contribution in [0.4, 0.5) is 11.4 Å². The van der Waals surface area contributed by atoms with Gasteiger partial charge >= 0.3 is 0 Å². The second kappa shape index (κ2) is 10.1. The first-order valence-electron chi connectivity index (χ1n) is 16.3. The first-order chi connectivity index (χ1) is 24.3. The van der Waals surface area contributed by atoms with Gasteiger partial charge in [-0.2, -0.15) is 0 Å². The largest absolute Gasteiger partial charge is 0.392 e. The molecule has 0 radical (unpaired) electrons. The van der Waals surface area contributed by atoms with Crippen molar-refractivity contribution >= 4 is 97.8 Å². The van der Waals surface area contributed by atoms with Crippen LogP contribution in [0, 0.1) is 5.92 Å². The fraction of sp³-hybridized carbons (Fsp3) is 0.500. The monoisotopic (exact) mass is 804 g/mol. The van der Waals surface area contributed by atoms with Crippen molar-refractivity contribution in [3.63, 3.8) is 0 Å². The number of aliphatic hydroxyl groups excluding tert-OH is 3. The highest BCUT2D eigenvalue weighted by Crippen LogP contribution is 2.78. The van der Waals surface area contributed by atoms with Crippen LogP contribution in [0.3, 0.4) is 0 Å². The number of carbonyl (C=O) groups is 4. The zero-order valence-corrected chi connectivity index (χ0v) is 32.3. The van der Waals surface area contributed by atoms with Gasteiger partial charge < -0.3 is 35.8 Å². The standard InChI is InChI=1S/C32H32N6O7S6/c1-14(2)30-26(45)38-22-28(15-9-5-8-12-18(15)34-22,19(40)31(38,48-47-30)25(44)36(30)4)29-16-10-6-7-11-17(16)33-21(29)37-23(42)27(13-39)35(3)24(43)32(37,20(29)41)49-51-50-46-27/h5-12,14,19-22,33-34,39-41H,13H2,1-4H3. The minimum Gasteiger partial charge on any atom is -0.392 e. The zero-order chi connectivity index (χ0) is 35.8. The van der Waals surface area contributed by atoms with E-state index in [1.807, 2.05) is 62.4 Å². The molecule has 2 aromatic rings. The van der Waals surface area contributed by atoms with Crippen molar-refractivity contribution in [3.8, 4) is 0 Å². The zero-order valence-electron chi connectivity index (χ0n) is 27.4. The van der Waals surface area contributed by atoms with Crippen LogP contribution in [-0.4, -0.2) is 123 Å². The average molecular weight is 805 g/mol. The third kappa shape index (κ3) is 3.05. The summed E-state index contributed by atoms with van der Waals surface area (Å²) in [7, 11) is 10.1. The van der Waals surface area contributed by atoms with Gasteiger partial charge in [-0.15, -0.1) is 0 Å². The summed E-state index contributed by atoms with van der Waals surface area (Å²) in [6, 6.07) is 14.6. The predicted octanol–water partition coefficient (Wildman–Crippen LogP) is 2.24. The summed E-state index contributed by atoms with van der Waals surface area (Å²) < 4.78 is 0. The lowest BCUT2D eigenvalue weighted by atomic mass is 9.52. The van der Waals surface area contributed by atoms with E-state index < -0.39 is 79.2 Å². The summed E-state index contributed by atoms with van der Waals surface area (Å²) in [5, 5.41) is 45.1. The van der Waals surface area contributed by atoms with E-state index in [1.54, 1.807) is 7.05 Å². The summed E-state index contributed by atoms with van der Waals surface area (Å²) in [5.74, 6) is -2.23. The molecule has 2 aromatic carbocycles. The minimum atomic E-state index is -1.93. The van der Waals surface area contributed by atoms with E-state index in [4.69, 9.17) is 0 Å². The highest BCUT2D eigenvalue weighted by Gasteiger charge is 2.92. The molecule has 268 valence electrons. The minimum absolute atomic E-state index is 0.304. The molecule has 5 N–H and O–H groups in total. The number of hydrogen-bond donors (Lipinski definition) is 5. The summed E-state index contributed by atoms with van der Waals surface area (Å²) in [6.45, 7) is 3.11. The average Bonchev–Trinajstić information content (AvgIpc) is 3.77. The topological polar surface area (TPSA) is 166 Å². The molecule has 8 fully saturated rings. The Bertz CT molecular complexity index is 2020. The number of anilines is 2. The molecule has 51 heavy (non-hydrogen) atoms. The van der Waals surface area contributed by atoms with Crippen molar-refractivity contribution in [2.45, 2.75) is 68.7 Å². The van der Waals surface area contributed by atoms with Crippen molar-refractivity contribution in [3.05, 3.63) is 59.7 Å². The summed E-state index contributed by atoms with van der Waals surface area (Å²) in [5.41, 5.74) is -1.21. The number of likely N-dealkylation sites (N-methyl/N-ethyl adjacent to an activating group) is 2. The van der Waals surface area contributed by atoms with E-state index in [0.29, 0.717) is 22.5 Å². The Morgan fingerprint density at radius 3 is 1.73 bits per heavy atom. The molecular formula is C32H32N6O7S6. The van der Waals surface area contributed by atoms with Gasteiger partial charge in [0.2, 0.25) is 14.6 Å². The van der Waals surface area contributed by atoms with Crippen LogP contribution in [-0.2, 0) is 30.0 Å². The number of rotatable bonds is 3. The van der Waals surface area contributed by atoms with Crippen molar-refractivity contribution in [2.75, 3.05) is 31.3 Å². The van der Waals surface area contributed by atoms with Crippen molar-refractivity contribution in [2.24, 2.45) is 5.92 Å². The Kier molecular flexibility index (Phi) is 6.66. The fourth-order valence-electron chi connectivity index (χ4n) is 10.5. The van der Waals surface area contributed by atoms with Crippen molar-refractivity contribution in [1.29, 1.82) is 0 Å². The molecule has 10 atom stereocenters. The second-order valence-electron chi connectivity index (χ2n) is 14.5. The van der Waals surface area contributed by atoms with Crippen LogP contribution >= 0.6 is 62.8 Å². The van der Waals surface area contributed by atoms with Gasteiger partial charge in [0.25, 0.3) is 23.6 Å². The molecule has 8 saturated heterocycles. The molecule has 13 nitrogen and oxygen atoms in total. The lowest BCUT2D eigenvalue weighted by molar-refractivity contribution is -0.169. The smallest absolute Gasteiger partial charge is 0.265 e. The normalized spacial score (nSPS) is 44.2. The third-order valence-electron chi connectivity index (χ3n) is 12.7. The van der Waals surface area contributed by atoms with Crippen LogP contribution in [0.15, 0.2) is 48.5 Å². The number of piperazine rings is 2. The number of benzene rings is 2. The predicted molar refractivity (Wildman–Crippen MR) is 201 cm³/mol. The molecule has 10 heterocycles. The van der Waals surface area contributed by atoms with Crippen LogP contribution in [0.2, 0.25) is 0 Å². The number of para-hydroxylation sites is 2. The molecule has 10 aliphatic rings. The maximum absolute atomic E-state index is 15.2. The number of hydrogen-bond acceptors (Lipinski definition) is 15. The molecular weight excluding hydrogens is 773 g/mol. The Hall–Kier alpha value is -2.10. The van der Waals surface area contributed by atoms with E-state index in [9.17, 15) is 20.1 Å². The maximum Gasteiger partial charge on any atom is 0.265 e. The number of nitrogens with zero attached hydrogens (tertiary/aromatic N) is 4. The van der Waals surface area contributed by atoms with Crippen LogP contribution in [0.25, 0.3) is 0 Å². The number of amides is 4. The highest BCUT2D eigenvalue weighted by molar-refractivity contribution is 9.26. The second-order valence-corrected chi connectivity index (χ2v) is 23.2. The third-order valence-corrected chi connectivity index (χ3v) is 23.9. The molecule has 0 aliphatic carbocycles. The molecule has 0 saturated carbocycles. The van der Waals surface area contributed by atoms with E-state index in [2.05, 4.69) is 10.6 Å². The molecule has 0 aromatic heterocycles. The Morgan fingerprint density at radius 1 is 0.686 bits per heavy atom. The number of carbonyl (C=O) groups excluding carboxylic acids is 4. The van der Waals surface area contributed by atoms with E-state index in [0.717, 1.165) is 21.6 Å². The molecule has 4 amide bonds. The molecule has 2 spiro atoms. The molecule has 12 rings (SSSR count).